The Morgan fingerprint density at radius 2 is 1.66 bits per heavy atom. The first-order chi connectivity index (χ1) is 13.5. The van der Waals surface area contributed by atoms with Gasteiger partial charge in [-0.1, -0.05) is 6.58 Å². The highest BCUT2D eigenvalue weighted by Gasteiger charge is 2.58. The molecule has 8 N–H and O–H groups in total. The molecule has 0 aromatic rings. The van der Waals surface area contributed by atoms with Crippen LogP contribution >= 0.6 is 0 Å². The van der Waals surface area contributed by atoms with Gasteiger partial charge in [0.25, 0.3) is 5.79 Å². The van der Waals surface area contributed by atoms with E-state index in [4.69, 9.17) is 18.9 Å². The second-order valence-electron chi connectivity index (χ2n) is 6.88. The van der Waals surface area contributed by atoms with Crippen LogP contribution in [0.1, 0.15) is 6.92 Å². The fourth-order valence-electron chi connectivity index (χ4n) is 2.93. The molecule has 13 heteroatoms. The predicted octanol–water partition coefficient (Wildman–Crippen LogP) is -4.95. The first-order valence-corrected chi connectivity index (χ1v) is 8.66. The zero-order valence-electron chi connectivity index (χ0n) is 15.4. The molecule has 0 spiro atoms. The molecule has 0 bridgehead atoms. The second kappa shape index (κ2) is 9.28. The van der Waals surface area contributed by atoms with Crippen molar-refractivity contribution in [2.75, 3.05) is 13.2 Å². The van der Waals surface area contributed by atoms with Gasteiger partial charge in [-0.2, -0.15) is 0 Å². The number of ether oxygens (including phenoxy) is 4. The van der Waals surface area contributed by atoms with Crippen molar-refractivity contribution in [3.8, 4) is 0 Å². The van der Waals surface area contributed by atoms with E-state index in [9.17, 15) is 45.6 Å². The molecule has 0 unspecified atom stereocenters. The van der Waals surface area contributed by atoms with Gasteiger partial charge in [0.1, 0.15) is 43.2 Å². The highest BCUT2D eigenvalue weighted by atomic mass is 16.8. The van der Waals surface area contributed by atoms with E-state index in [0.29, 0.717) is 0 Å². The number of hydrogen-bond acceptors (Lipinski definition) is 13. The molecule has 13 nitrogen and oxygen atoms in total. The maximum Gasteiger partial charge on any atom is 0.335 e. The summed E-state index contributed by atoms with van der Waals surface area (Å²) >= 11 is 0. The lowest BCUT2D eigenvalue weighted by Gasteiger charge is -2.48. The molecule has 0 radical (unpaired) electrons. The third-order valence-electron chi connectivity index (χ3n) is 4.68. The van der Waals surface area contributed by atoms with Crippen molar-refractivity contribution in [2.45, 2.75) is 68.0 Å². The molecule has 10 atom stereocenters. The topological polar surface area (TPSA) is 216 Å². The average molecular weight is 426 g/mol. The Morgan fingerprint density at radius 1 is 1.03 bits per heavy atom. The van der Waals surface area contributed by atoms with Gasteiger partial charge in [-0.05, 0) is 6.92 Å². The molecule has 0 amide bonds. The van der Waals surface area contributed by atoms with Crippen LogP contribution < -0.4 is 0 Å². The van der Waals surface area contributed by atoms with Gasteiger partial charge >= 0.3 is 5.97 Å². The summed E-state index contributed by atoms with van der Waals surface area (Å²) in [5.41, 5.74) is -0.125. The Bertz CT molecular complexity index is 597. The van der Waals surface area contributed by atoms with Crippen molar-refractivity contribution in [3.05, 3.63) is 12.2 Å². The molecule has 0 aromatic heterocycles. The molecule has 2 heterocycles. The van der Waals surface area contributed by atoms with Crippen molar-refractivity contribution < 1.29 is 64.6 Å². The van der Waals surface area contributed by atoms with Crippen LogP contribution in [0.4, 0.5) is 0 Å². The minimum absolute atomic E-state index is 0.125. The van der Waals surface area contributed by atoms with Crippen LogP contribution in [-0.2, 0) is 23.7 Å². The number of hydrogen-bond donors (Lipinski definition) is 8. The monoisotopic (exact) mass is 426 g/mol. The predicted molar refractivity (Wildman–Crippen MR) is 88.5 cm³/mol. The summed E-state index contributed by atoms with van der Waals surface area (Å²) in [4.78, 5) is 11.9. The van der Waals surface area contributed by atoms with Crippen LogP contribution in [0.25, 0.3) is 0 Å². The fourth-order valence-corrected chi connectivity index (χ4v) is 2.93. The van der Waals surface area contributed by atoms with Crippen molar-refractivity contribution in [2.24, 2.45) is 0 Å². The van der Waals surface area contributed by atoms with Gasteiger partial charge in [-0.15, -0.1) is 0 Å². The molecular weight excluding hydrogens is 400 g/mol. The molecule has 2 saturated heterocycles. The summed E-state index contributed by atoms with van der Waals surface area (Å²) in [5.74, 6) is -3.65. The molecule has 0 aliphatic carbocycles. The normalized spacial score (nSPS) is 45.6. The van der Waals surface area contributed by atoms with E-state index >= 15 is 0 Å². The van der Waals surface area contributed by atoms with Crippen molar-refractivity contribution >= 4 is 5.97 Å². The van der Waals surface area contributed by atoms with E-state index in [0.717, 1.165) is 0 Å². The fraction of sp³-hybridized carbons (Fsp3) is 0.812. The van der Waals surface area contributed by atoms with E-state index in [1.54, 1.807) is 0 Å². The Kier molecular flexibility index (Phi) is 7.69. The quantitative estimate of drug-likeness (QED) is 0.148. The van der Waals surface area contributed by atoms with E-state index < -0.39 is 80.3 Å². The molecule has 0 saturated carbocycles. The Hall–Kier alpha value is -1.23. The van der Waals surface area contributed by atoms with Crippen molar-refractivity contribution in [3.63, 3.8) is 0 Å². The summed E-state index contributed by atoms with van der Waals surface area (Å²) in [6, 6.07) is 0. The Balaban J connectivity index is 2.28. The minimum atomic E-state index is -2.56. The second-order valence-corrected chi connectivity index (χ2v) is 6.88. The molecule has 168 valence electrons. The van der Waals surface area contributed by atoms with Crippen LogP contribution in [0.2, 0.25) is 0 Å². The highest BCUT2D eigenvalue weighted by Crippen LogP contribution is 2.34. The molecule has 2 aliphatic rings. The Morgan fingerprint density at radius 3 is 2.17 bits per heavy atom. The third kappa shape index (κ3) is 4.60. The minimum Gasteiger partial charge on any atom is -0.424 e. The lowest BCUT2D eigenvalue weighted by molar-refractivity contribution is -0.415. The van der Waals surface area contributed by atoms with E-state index in [1.165, 1.54) is 6.92 Å². The van der Waals surface area contributed by atoms with Gasteiger partial charge in [0.15, 0.2) is 18.7 Å². The van der Waals surface area contributed by atoms with Crippen molar-refractivity contribution in [1.82, 2.24) is 0 Å². The SMILES string of the molecule is C=C(C)C(=O)O[C@@]1(CO)O[C@H](O[C@H]2[C@H](O)[C@@H](O)[C@H](O)O[C@@H]2CO)[C@H](O)[C@H](O)[C@H]1O. The third-order valence-corrected chi connectivity index (χ3v) is 4.68. The summed E-state index contributed by atoms with van der Waals surface area (Å²) < 4.78 is 20.4. The van der Waals surface area contributed by atoms with Crippen LogP contribution in [0.3, 0.4) is 0 Å². The van der Waals surface area contributed by atoms with Crippen LogP contribution in [0.5, 0.6) is 0 Å². The molecular formula is C16H26O13. The van der Waals surface area contributed by atoms with Gasteiger partial charge < -0.3 is 59.8 Å². The van der Waals surface area contributed by atoms with Gasteiger partial charge in [0, 0.05) is 5.57 Å². The number of rotatable bonds is 6. The standard InChI is InChI=1S/C16H26O13/c1-5(2)13(24)28-16(4-18)12(23)8(20)10(22)15(29-16)27-11-6(3-17)26-14(25)9(21)7(11)19/h6-12,14-15,17-23,25H,1,3-4H2,2H3/t6-,7-,8+,9-,10-,11-,12-,14-,15+,16+/m1/s1. The molecule has 2 aliphatic heterocycles. The van der Waals surface area contributed by atoms with E-state index in [2.05, 4.69) is 6.58 Å². The van der Waals surface area contributed by atoms with E-state index in [1.807, 2.05) is 0 Å². The zero-order chi connectivity index (χ0) is 22.1. The van der Waals surface area contributed by atoms with Gasteiger partial charge in [0.2, 0.25) is 0 Å². The lowest BCUT2D eigenvalue weighted by atomic mass is 9.95. The summed E-state index contributed by atoms with van der Waals surface area (Å²) in [7, 11) is 0. The number of carbonyl (C=O) groups excluding carboxylic acids is 1. The Labute approximate surface area is 164 Å². The summed E-state index contributed by atoms with van der Waals surface area (Å²) in [6.07, 6.45) is -16.5. The number of esters is 1. The van der Waals surface area contributed by atoms with Crippen LogP contribution in [0, 0.1) is 0 Å². The maximum absolute atomic E-state index is 11.9. The first-order valence-electron chi connectivity index (χ1n) is 8.66. The van der Waals surface area contributed by atoms with Gasteiger partial charge in [-0.3, -0.25) is 0 Å². The van der Waals surface area contributed by atoms with E-state index in [-0.39, 0.29) is 5.57 Å². The number of carbonyl (C=O) groups is 1. The summed E-state index contributed by atoms with van der Waals surface area (Å²) in [5, 5.41) is 79.0. The molecule has 0 aromatic carbocycles. The van der Waals surface area contributed by atoms with Gasteiger partial charge in [0.05, 0.1) is 6.61 Å². The highest BCUT2D eigenvalue weighted by molar-refractivity contribution is 5.87. The van der Waals surface area contributed by atoms with Gasteiger partial charge in [-0.25, -0.2) is 4.79 Å². The summed E-state index contributed by atoms with van der Waals surface area (Å²) in [6.45, 7) is 2.67. The molecule has 2 fully saturated rings. The average Bonchev–Trinajstić information content (AvgIpc) is 2.69. The first kappa shape index (κ1) is 24.0. The smallest absolute Gasteiger partial charge is 0.335 e. The molecule has 29 heavy (non-hydrogen) atoms. The lowest BCUT2D eigenvalue weighted by Crippen LogP contribution is -2.69. The van der Waals surface area contributed by atoms with Crippen molar-refractivity contribution in [1.29, 1.82) is 0 Å². The zero-order valence-corrected chi connectivity index (χ0v) is 15.4. The van der Waals surface area contributed by atoms with Crippen LogP contribution in [-0.4, -0.2) is 121 Å². The molecule has 2 rings (SSSR count). The van der Waals surface area contributed by atoms with Crippen LogP contribution in [0.15, 0.2) is 12.2 Å². The number of aliphatic hydroxyl groups is 8. The number of aliphatic hydroxyl groups excluding tert-OH is 8. The largest absolute Gasteiger partial charge is 0.424 e. The maximum atomic E-state index is 11.9.